The zero-order valence-electron chi connectivity index (χ0n) is 9.24. The molecule has 0 bridgehead atoms. The van der Waals surface area contributed by atoms with Gasteiger partial charge in [0.15, 0.2) is 0 Å². The van der Waals surface area contributed by atoms with E-state index in [0.717, 1.165) is 10.8 Å². The summed E-state index contributed by atoms with van der Waals surface area (Å²) in [6.07, 6.45) is 0. The Bertz CT molecular complexity index is 301. The van der Waals surface area contributed by atoms with Crippen LogP contribution in [0.3, 0.4) is 0 Å². The molecule has 84 valence electrons. The van der Waals surface area contributed by atoms with Gasteiger partial charge in [-0.05, 0) is 29.4 Å². The largest absolute Gasteiger partial charge is 0.329 e. The molecule has 0 heterocycles. The summed E-state index contributed by atoms with van der Waals surface area (Å²) in [6, 6.07) is 7.98. The van der Waals surface area contributed by atoms with Crippen LogP contribution in [0.5, 0.6) is 0 Å². The third kappa shape index (κ3) is 4.45. The van der Waals surface area contributed by atoms with E-state index < -0.39 is 0 Å². The molecule has 1 aromatic carbocycles. The summed E-state index contributed by atoms with van der Waals surface area (Å²) < 4.78 is 0. The lowest BCUT2D eigenvalue weighted by atomic mass is 10.1. The van der Waals surface area contributed by atoms with Crippen molar-refractivity contribution < 1.29 is 0 Å². The minimum absolute atomic E-state index is 0.367. The van der Waals surface area contributed by atoms with Crippen LogP contribution < -0.4 is 5.73 Å². The van der Waals surface area contributed by atoms with E-state index in [0.29, 0.717) is 17.7 Å². The summed E-state index contributed by atoms with van der Waals surface area (Å²) in [7, 11) is 0. The highest BCUT2D eigenvalue weighted by Crippen LogP contribution is 2.30. The second kappa shape index (κ2) is 6.41. The fourth-order valence-corrected chi connectivity index (χ4v) is 2.61. The van der Waals surface area contributed by atoms with Gasteiger partial charge in [0.2, 0.25) is 0 Å². The molecule has 3 heteroatoms. The average Bonchev–Trinajstić information content (AvgIpc) is 2.18. The number of nitrogens with two attached hydrogens (primary N) is 1. The smallest absolute Gasteiger partial charge is 0.0420 e. The highest BCUT2D eigenvalue weighted by atomic mass is 35.5. The third-order valence-electron chi connectivity index (χ3n) is 2.07. The molecular weight excluding hydrogens is 226 g/mol. The maximum Gasteiger partial charge on any atom is 0.0420 e. The lowest BCUT2D eigenvalue weighted by Crippen LogP contribution is -2.10. The SMILES string of the molecule is CC(C)CS[C@@H](CN)c1cccc(Cl)c1. The van der Waals surface area contributed by atoms with E-state index in [-0.39, 0.29) is 0 Å². The van der Waals surface area contributed by atoms with Crippen molar-refractivity contribution in [3.05, 3.63) is 34.9 Å². The molecule has 1 atom stereocenters. The van der Waals surface area contributed by atoms with Crippen molar-refractivity contribution in [1.82, 2.24) is 0 Å². The molecule has 0 saturated carbocycles. The van der Waals surface area contributed by atoms with Crippen LogP contribution >= 0.6 is 23.4 Å². The highest BCUT2D eigenvalue weighted by molar-refractivity contribution is 7.99. The van der Waals surface area contributed by atoms with Gasteiger partial charge >= 0.3 is 0 Å². The average molecular weight is 244 g/mol. The van der Waals surface area contributed by atoms with Crippen LogP contribution in [0.4, 0.5) is 0 Å². The number of benzene rings is 1. The number of hydrogen-bond donors (Lipinski definition) is 1. The van der Waals surface area contributed by atoms with Gasteiger partial charge < -0.3 is 5.73 Å². The van der Waals surface area contributed by atoms with Crippen molar-refractivity contribution >= 4 is 23.4 Å². The summed E-state index contributed by atoms with van der Waals surface area (Å²) in [5.74, 6) is 1.83. The Balaban J connectivity index is 2.65. The van der Waals surface area contributed by atoms with Crippen molar-refractivity contribution in [3.63, 3.8) is 0 Å². The van der Waals surface area contributed by atoms with Gasteiger partial charge in [0.1, 0.15) is 0 Å². The van der Waals surface area contributed by atoms with E-state index in [1.165, 1.54) is 5.56 Å². The number of halogens is 1. The van der Waals surface area contributed by atoms with Gasteiger partial charge in [0, 0.05) is 16.8 Å². The first-order chi connectivity index (χ1) is 7.13. The van der Waals surface area contributed by atoms with E-state index >= 15 is 0 Å². The molecule has 0 unspecified atom stereocenters. The van der Waals surface area contributed by atoms with Crippen LogP contribution in [0.2, 0.25) is 5.02 Å². The molecule has 0 saturated heterocycles. The molecule has 0 aromatic heterocycles. The molecular formula is C12H18ClNS. The van der Waals surface area contributed by atoms with Crippen molar-refractivity contribution in [2.75, 3.05) is 12.3 Å². The summed E-state index contributed by atoms with van der Waals surface area (Å²) in [5, 5.41) is 1.15. The molecule has 0 aliphatic rings. The van der Waals surface area contributed by atoms with E-state index in [1.54, 1.807) is 0 Å². The fraction of sp³-hybridized carbons (Fsp3) is 0.500. The van der Waals surface area contributed by atoms with Crippen LogP contribution in [0.25, 0.3) is 0 Å². The monoisotopic (exact) mass is 243 g/mol. The predicted octanol–water partition coefficient (Wildman–Crippen LogP) is 3.73. The lowest BCUT2D eigenvalue weighted by Gasteiger charge is -2.16. The van der Waals surface area contributed by atoms with Gasteiger partial charge in [-0.15, -0.1) is 0 Å². The van der Waals surface area contributed by atoms with E-state index in [4.69, 9.17) is 17.3 Å². The molecule has 0 radical (unpaired) electrons. The van der Waals surface area contributed by atoms with Gasteiger partial charge in [-0.3, -0.25) is 0 Å². The van der Waals surface area contributed by atoms with Gasteiger partial charge in [-0.2, -0.15) is 11.8 Å². The Labute approximate surface area is 101 Å². The zero-order chi connectivity index (χ0) is 11.3. The molecule has 0 aliphatic carbocycles. The van der Waals surface area contributed by atoms with E-state index in [9.17, 15) is 0 Å². The number of hydrogen-bond acceptors (Lipinski definition) is 2. The number of rotatable bonds is 5. The first kappa shape index (κ1) is 12.9. The summed E-state index contributed by atoms with van der Waals surface area (Å²) in [6.45, 7) is 5.11. The van der Waals surface area contributed by atoms with Crippen molar-refractivity contribution in [2.24, 2.45) is 11.7 Å². The van der Waals surface area contributed by atoms with Gasteiger partial charge in [0.05, 0.1) is 0 Å². The van der Waals surface area contributed by atoms with Crippen LogP contribution in [0.15, 0.2) is 24.3 Å². The summed E-state index contributed by atoms with van der Waals surface area (Å²) in [4.78, 5) is 0. The third-order valence-corrected chi connectivity index (χ3v) is 4.03. The fourth-order valence-electron chi connectivity index (χ4n) is 1.32. The molecule has 0 amide bonds. The maximum atomic E-state index is 5.96. The normalized spacial score (nSPS) is 13.1. The predicted molar refractivity (Wildman–Crippen MR) is 70.5 cm³/mol. The molecule has 15 heavy (non-hydrogen) atoms. The van der Waals surface area contributed by atoms with Crippen molar-refractivity contribution in [1.29, 1.82) is 0 Å². The van der Waals surface area contributed by atoms with Gasteiger partial charge in [-0.25, -0.2) is 0 Å². The molecule has 0 fully saturated rings. The second-order valence-corrected chi connectivity index (χ2v) is 5.68. The van der Waals surface area contributed by atoms with E-state index in [2.05, 4.69) is 19.9 Å². The van der Waals surface area contributed by atoms with Crippen LogP contribution in [0, 0.1) is 5.92 Å². The highest BCUT2D eigenvalue weighted by Gasteiger charge is 2.10. The van der Waals surface area contributed by atoms with Crippen molar-refractivity contribution in [2.45, 2.75) is 19.1 Å². The molecule has 0 spiro atoms. The van der Waals surface area contributed by atoms with Crippen LogP contribution in [-0.2, 0) is 0 Å². The summed E-state index contributed by atoms with van der Waals surface area (Å²) >= 11 is 7.87. The van der Waals surface area contributed by atoms with Gasteiger partial charge in [0.25, 0.3) is 0 Å². The minimum Gasteiger partial charge on any atom is -0.329 e. The maximum absolute atomic E-state index is 5.96. The minimum atomic E-state index is 0.367. The Kier molecular flexibility index (Phi) is 5.51. The Morgan fingerprint density at radius 1 is 1.40 bits per heavy atom. The summed E-state index contributed by atoms with van der Waals surface area (Å²) in [5.41, 5.74) is 7.01. The topological polar surface area (TPSA) is 26.0 Å². The molecule has 1 aromatic rings. The van der Waals surface area contributed by atoms with Crippen LogP contribution in [0.1, 0.15) is 24.7 Å². The number of thioether (sulfide) groups is 1. The first-order valence-corrected chi connectivity index (χ1v) is 6.63. The lowest BCUT2D eigenvalue weighted by molar-refractivity contribution is 0.746. The van der Waals surface area contributed by atoms with E-state index in [1.807, 2.05) is 30.0 Å². The molecule has 2 N–H and O–H groups in total. The Morgan fingerprint density at radius 2 is 2.13 bits per heavy atom. The van der Waals surface area contributed by atoms with Gasteiger partial charge in [-0.1, -0.05) is 37.6 Å². The molecule has 1 rings (SSSR count). The zero-order valence-corrected chi connectivity index (χ0v) is 10.8. The first-order valence-electron chi connectivity index (χ1n) is 5.20. The van der Waals surface area contributed by atoms with Crippen molar-refractivity contribution in [3.8, 4) is 0 Å². The Morgan fingerprint density at radius 3 is 2.67 bits per heavy atom. The standard InChI is InChI=1S/C12H18ClNS/c1-9(2)8-15-12(7-14)10-4-3-5-11(13)6-10/h3-6,9,12H,7-8,14H2,1-2H3/t12-/m0/s1. The molecule has 1 nitrogen and oxygen atoms in total. The van der Waals surface area contributed by atoms with Crippen LogP contribution in [-0.4, -0.2) is 12.3 Å². The quantitative estimate of drug-likeness (QED) is 0.853. The molecule has 0 aliphatic heterocycles. The second-order valence-electron chi connectivity index (χ2n) is 4.01. The Hall–Kier alpha value is -0.180.